The summed E-state index contributed by atoms with van der Waals surface area (Å²) in [5.41, 5.74) is 0. The van der Waals surface area contributed by atoms with Crippen molar-refractivity contribution < 1.29 is 4.25 Å². The SMILES string of the molecule is C[N+](C)(C)P1CC1. The van der Waals surface area contributed by atoms with Crippen LogP contribution in [0, 0.1) is 0 Å². The lowest BCUT2D eigenvalue weighted by Gasteiger charge is -2.22. The van der Waals surface area contributed by atoms with Crippen LogP contribution < -0.4 is 0 Å². The highest BCUT2D eigenvalue weighted by molar-refractivity contribution is 7.59. The van der Waals surface area contributed by atoms with Gasteiger partial charge in [0.05, 0.1) is 21.1 Å². The first-order valence-electron chi connectivity index (χ1n) is 2.67. The second-order valence-electron chi connectivity index (χ2n) is 2.90. The van der Waals surface area contributed by atoms with Crippen molar-refractivity contribution in [1.29, 1.82) is 0 Å². The summed E-state index contributed by atoms with van der Waals surface area (Å²) in [6, 6.07) is 0. The van der Waals surface area contributed by atoms with Crippen molar-refractivity contribution in [1.82, 2.24) is 0 Å². The Morgan fingerprint density at radius 3 is 1.57 bits per heavy atom. The van der Waals surface area contributed by atoms with Crippen molar-refractivity contribution in [3.8, 4) is 0 Å². The molecule has 1 rings (SSSR count). The van der Waals surface area contributed by atoms with Crippen molar-refractivity contribution in [3.05, 3.63) is 0 Å². The lowest BCUT2D eigenvalue weighted by Crippen LogP contribution is -2.23. The van der Waals surface area contributed by atoms with Gasteiger partial charge in [0.2, 0.25) is 0 Å². The van der Waals surface area contributed by atoms with Crippen LogP contribution in [0.4, 0.5) is 0 Å². The quantitative estimate of drug-likeness (QED) is 0.452. The van der Waals surface area contributed by atoms with Gasteiger partial charge in [-0.15, -0.1) is 0 Å². The molecule has 2 heteroatoms. The third kappa shape index (κ3) is 1.40. The molecule has 0 aliphatic carbocycles. The molecule has 0 spiro atoms. The van der Waals surface area contributed by atoms with Gasteiger partial charge in [0.25, 0.3) is 0 Å². The van der Waals surface area contributed by atoms with E-state index >= 15 is 0 Å². The van der Waals surface area contributed by atoms with Gasteiger partial charge in [0.15, 0.2) is 0 Å². The molecule has 1 heterocycles. The van der Waals surface area contributed by atoms with Gasteiger partial charge in [0, 0.05) is 12.3 Å². The van der Waals surface area contributed by atoms with Crippen molar-refractivity contribution in [2.24, 2.45) is 0 Å². The second-order valence-corrected chi connectivity index (χ2v) is 6.00. The summed E-state index contributed by atoms with van der Waals surface area (Å²) in [6.07, 6.45) is 3.03. The molecule has 1 saturated heterocycles. The molecule has 0 saturated carbocycles. The summed E-state index contributed by atoms with van der Waals surface area (Å²) in [4.78, 5) is 0. The lowest BCUT2D eigenvalue weighted by molar-refractivity contribution is -0.737. The van der Waals surface area contributed by atoms with Crippen LogP contribution in [0.2, 0.25) is 0 Å². The number of rotatable bonds is 1. The maximum atomic E-state index is 2.29. The number of hydrogen-bond acceptors (Lipinski definition) is 0. The molecule has 7 heavy (non-hydrogen) atoms. The molecular weight excluding hydrogens is 105 g/mol. The van der Waals surface area contributed by atoms with E-state index in [4.69, 9.17) is 0 Å². The molecule has 1 fully saturated rings. The summed E-state index contributed by atoms with van der Waals surface area (Å²) in [5.74, 6) is 0. The summed E-state index contributed by atoms with van der Waals surface area (Å²) >= 11 is 0. The molecule has 0 aromatic carbocycles. The van der Waals surface area contributed by atoms with Gasteiger partial charge >= 0.3 is 0 Å². The van der Waals surface area contributed by atoms with Crippen LogP contribution in [0.3, 0.4) is 0 Å². The van der Waals surface area contributed by atoms with Gasteiger partial charge in [-0.2, -0.15) is 0 Å². The van der Waals surface area contributed by atoms with Gasteiger partial charge in [0.1, 0.15) is 8.07 Å². The maximum absolute atomic E-state index is 2.29. The van der Waals surface area contributed by atoms with Crippen LogP contribution >= 0.6 is 8.07 Å². The zero-order chi connectivity index (χ0) is 5.49. The molecular formula is C5H13NP+. The minimum absolute atomic E-state index is 0.446. The van der Waals surface area contributed by atoms with Crippen LogP contribution in [-0.2, 0) is 0 Å². The molecule has 0 bridgehead atoms. The van der Waals surface area contributed by atoms with Crippen LogP contribution in [-0.4, -0.2) is 37.7 Å². The standard InChI is InChI=1S/C5H13NP/c1-6(2,3)7-4-5-7/h4-5H2,1-3H3/q+1. The Morgan fingerprint density at radius 2 is 1.57 bits per heavy atom. The first-order valence-corrected chi connectivity index (χ1v) is 4.34. The molecule has 1 aliphatic heterocycles. The van der Waals surface area contributed by atoms with Crippen LogP contribution in [0.5, 0.6) is 0 Å². The predicted molar refractivity (Wildman–Crippen MR) is 34.7 cm³/mol. The van der Waals surface area contributed by atoms with Crippen LogP contribution in [0.25, 0.3) is 0 Å². The van der Waals surface area contributed by atoms with E-state index in [0.717, 1.165) is 0 Å². The summed E-state index contributed by atoms with van der Waals surface area (Å²) in [7, 11) is 7.32. The van der Waals surface area contributed by atoms with Crippen molar-refractivity contribution in [2.75, 3.05) is 33.5 Å². The third-order valence-corrected chi connectivity index (χ3v) is 3.82. The number of hydrogen-bond donors (Lipinski definition) is 0. The van der Waals surface area contributed by atoms with Gasteiger partial charge in [-0.1, -0.05) is 0 Å². The Kier molecular flexibility index (Phi) is 1.13. The monoisotopic (exact) mass is 118 g/mol. The van der Waals surface area contributed by atoms with E-state index in [0.29, 0.717) is 8.07 Å². The molecule has 0 N–H and O–H groups in total. The van der Waals surface area contributed by atoms with E-state index in [1.807, 2.05) is 0 Å². The van der Waals surface area contributed by atoms with Crippen molar-refractivity contribution in [3.63, 3.8) is 0 Å². The molecule has 0 amide bonds. The number of quaternary nitrogens is 1. The molecule has 0 aromatic heterocycles. The molecule has 0 aromatic rings. The lowest BCUT2D eigenvalue weighted by atomic mass is 11.0. The Balaban J connectivity index is 2.36. The Labute approximate surface area is 46.7 Å². The molecule has 42 valence electrons. The van der Waals surface area contributed by atoms with Crippen molar-refractivity contribution >= 4 is 8.07 Å². The van der Waals surface area contributed by atoms with E-state index in [2.05, 4.69) is 21.1 Å². The Hall–Kier alpha value is 0.390. The average molecular weight is 118 g/mol. The average Bonchev–Trinajstić information content (AvgIpc) is 1.99. The van der Waals surface area contributed by atoms with Crippen LogP contribution in [0.15, 0.2) is 0 Å². The first kappa shape index (κ1) is 5.53. The van der Waals surface area contributed by atoms with Crippen molar-refractivity contribution in [2.45, 2.75) is 0 Å². The molecule has 0 unspecified atom stereocenters. The van der Waals surface area contributed by atoms with Gasteiger partial charge in [-0.25, -0.2) is 0 Å². The van der Waals surface area contributed by atoms with E-state index in [1.54, 1.807) is 0 Å². The van der Waals surface area contributed by atoms with E-state index in [-0.39, 0.29) is 0 Å². The fraction of sp³-hybridized carbons (Fsp3) is 1.00. The summed E-state index contributed by atoms with van der Waals surface area (Å²) in [6.45, 7) is 0. The van der Waals surface area contributed by atoms with E-state index in [9.17, 15) is 0 Å². The molecule has 0 radical (unpaired) electrons. The van der Waals surface area contributed by atoms with E-state index < -0.39 is 0 Å². The zero-order valence-corrected chi connectivity index (χ0v) is 6.20. The highest BCUT2D eigenvalue weighted by atomic mass is 31.1. The minimum Gasteiger partial charge on any atom is -0.317 e. The maximum Gasteiger partial charge on any atom is 0.104 e. The Morgan fingerprint density at radius 1 is 1.14 bits per heavy atom. The zero-order valence-electron chi connectivity index (χ0n) is 5.31. The first-order chi connectivity index (χ1) is 3.11. The molecule has 1 nitrogen and oxygen atoms in total. The molecule has 1 aliphatic rings. The van der Waals surface area contributed by atoms with Gasteiger partial charge in [-0.05, 0) is 0 Å². The summed E-state index contributed by atoms with van der Waals surface area (Å²) < 4.78 is 1.23. The normalized spacial score (nSPS) is 22.7. The van der Waals surface area contributed by atoms with Crippen LogP contribution in [0.1, 0.15) is 0 Å². The highest BCUT2D eigenvalue weighted by Gasteiger charge is 2.36. The van der Waals surface area contributed by atoms with E-state index in [1.165, 1.54) is 16.6 Å². The van der Waals surface area contributed by atoms with Gasteiger partial charge in [-0.3, -0.25) is 0 Å². The number of nitrogens with zero attached hydrogens (tertiary/aromatic N) is 1. The largest absolute Gasteiger partial charge is 0.317 e. The fourth-order valence-electron chi connectivity index (χ4n) is 0.645. The second kappa shape index (κ2) is 1.43. The fourth-order valence-corrected chi connectivity index (χ4v) is 2.20. The minimum atomic E-state index is 0.446. The third-order valence-electron chi connectivity index (χ3n) is 1.27. The molecule has 0 atom stereocenters. The Bertz CT molecular complexity index is 70.6. The smallest absolute Gasteiger partial charge is 0.104 e. The van der Waals surface area contributed by atoms with Gasteiger partial charge < -0.3 is 4.25 Å². The predicted octanol–water partition coefficient (Wildman–Crippen LogP) is 1.10. The summed E-state index contributed by atoms with van der Waals surface area (Å²) in [5, 5.41) is 0. The topological polar surface area (TPSA) is 0 Å². The highest BCUT2D eigenvalue weighted by Crippen LogP contribution is 2.56.